The molecule has 1 aliphatic rings. The maximum absolute atomic E-state index is 5.89. The van der Waals surface area contributed by atoms with Gasteiger partial charge in [0.2, 0.25) is 0 Å². The number of pyridine rings is 1. The molecule has 2 heteroatoms. The molecule has 0 spiro atoms. The van der Waals surface area contributed by atoms with E-state index in [4.69, 9.17) is 10.7 Å². The Balaban J connectivity index is 2.07. The molecule has 2 N–H and O–H groups in total. The fourth-order valence-electron chi connectivity index (χ4n) is 3.05. The Morgan fingerprint density at radius 1 is 1.11 bits per heavy atom. The molecule has 0 unspecified atom stereocenters. The largest absolute Gasteiger partial charge is 0.326 e. The third-order valence-corrected chi connectivity index (χ3v) is 4.07. The van der Waals surface area contributed by atoms with Gasteiger partial charge in [0, 0.05) is 23.5 Å². The molecular weight excluding hydrogens is 220 g/mol. The van der Waals surface area contributed by atoms with Crippen molar-refractivity contribution in [2.75, 3.05) is 0 Å². The van der Waals surface area contributed by atoms with Crippen LogP contribution in [0.3, 0.4) is 0 Å². The number of nitrogens with zero attached hydrogens (tertiary/aromatic N) is 1. The van der Waals surface area contributed by atoms with Crippen molar-refractivity contribution in [3.63, 3.8) is 0 Å². The van der Waals surface area contributed by atoms with Crippen molar-refractivity contribution >= 4 is 10.9 Å². The minimum atomic E-state index is 0.600. The lowest BCUT2D eigenvalue weighted by Crippen LogP contribution is -2.08. The first kappa shape index (κ1) is 11.7. The number of aromatic nitrogens is 1. The minimum absolute atomic E-state index is 0.600. The molecule has 2 nitrogen and oxygen atoms in total. The molecule has 1 saturated carbocycles. The average Bonchev–Trinajstić information content (AvgIpc) is 2.47. The number of hydrogen-bond acceptors (Lipinski definition) is 2. The van der Waals surface area contributed by atoms with E-state index in [1.165, 1.54) is 48.7 Å². The smallest absolute Gasteiger partial charge is 0.0708 e. The molecule has 1 fully saturated rings. The molecular formula is C16H20N2. The zero-order valence-electron chi connectivity index (χ0n) is 10.7. The van der Waals surface area contributed by atoms with E-state index in [-0.39, 0.29) is 0 Å². The van der Waals surface area contributed by atoms with Crippen molar-refractivity contribution in [2.24, 2.45) is 5.73 Å². The van der Waals surface area contributed by atoms with Gasteiger partial charge in [0.05, 0.1) is 5.52 Å². The van der Waals surface area contributed by atoms with E-state index in [0.29, 0.717) is 12.5 Å². The van der Waals surface area contributed by atoms with Gasteiger partial charge >= 0.3 is 0 Å². The van der Waals surface area contributed by atoms with Gasteiger partial charge in [-0.3, -0.25) is 4.98 Å². The van der Waals surface area contributed by atoms with E-state index in [2.05, 4.69) is 30.3 Å². The summed E-state index contributed by atoms with van der Waals surface area (Å²) in [6, 6.07) is 10.6. The standard InChI is InChI=1S/C16H20N2/c17-11-13-10-16(12-6-2-1-3-7-12)18-15-9-5-4-8-14(13)15/h4-5,8-10,12H,1-3,6-7,11,17H2. The highest BCUT2D eigenvalue weighted by Gasteiger charge is 2.18. The summed E-state index contributed by atoms with van der Waals surface area (Å²) in [6.07, 6.45) is 6.65. The van der Waals surface area contributed by atoms with Gasteiger partial charge in [-0.15, -0.1) is 0 Å². The Morgan fingerprint density at radius 2 is 1.89 bits per heavy atom. The minimum Gasteiger partial charge on any atom is -0.326 e. The van der Waals surface area contributed by atoms with Crippen molar-refractivity contribution in [3.8, 4) is 0 Å². The van der Waals surface area contributed by atoms with Crippen LogP contribution in [0, 0.1) is 0 Å². The molecule has 2 aromatic rings. The second-order valence-corrected chi connectivity index (χ2v) is 5.26. The Hall–Kier alpha value is -1.41. The second kappa shape index (κ2) is 5.07. The molecule has 0 amide bonds. The first-order valence-corrected chi connectivity index (χ1v) is 6.97. The van der Waals surface area contributed by atoms with E-state index >= 15 is 0 Å². The zero-order chi connectivity index (χ0) is 12.4. The molecule has 0 bridgehead atoms. The van der Waals surface area contributed by atoms with E-state index in [9.17, 15) is 0 Å². The molecule has 1 aromatic carbocycles. The quantitative estimate of drug-likeness (QED) is 0.868. The molecule has 0 radical (unpaired) electrons. The summed E-state index contributed by atoms with van der Waals surface area (Å²) in [6.45, 7) is 0.600. The van der Waals surface area contributed by atoms with Crippen LogP contribution >= 0.6 is 0 Å². The van der Waals surface area contributed by atoms with E-state index in [1.807, 2.05) is 0 Å². The van der Waals surface area contributed by atoms with Crippen LogP contribution in [0.15, 0.2) is 30.3 Å². The summed E-state index contributed by atoms with van der Waals surface area (Å²) in [5.74, 6) is 0.647. The van der Waals surface area contributed by atoms with E-state index in [1.54, 1.807) is 0 Å². The van der Waals surface area contributed by atoms with Gasteiger partial charge < -0.3 is 5.73 Å². The summed E-state index contributed by atoms with van der Waals surface area (Å²) in [4.78, 5) is 4.85. The Kier molecular flexibility index (Phi) is 3.28. The average molecular weight is 240 g/mol. The fourth-order valence-corrected chi connectivity index (χ4v) is 3.05. The molecule has 3 rings (SSSR count). The van der Waals surface area contributed by atoms with Crippen LogP contribution in [0.5, 0.6) is 0 Å². The number of rotatable bonds is 2. The number of para-hydroxylation sites is 1. The number of fused-ring (bicyclic) bond motifs is 1. The highest BCUT2D eigenvalue weighted by atomic mass is 14.7. The molecule has 1 heterocycles. The van der Waals surface area contributed by atoms with E-state index in [0.717, 1.165) is 5.52 Å². The molecule has 94 valence electrons. The van der Waals surface area contributed by atoms with Gasteiger partial charge in [0.25, 0.3) is 0 Å². The van der Waals surface area contributed by atoms with Crippen LogP contribution in [-0.4, -0.2) is 4.98 Å². The first-order chi connectivity index (χ1) is 8.88. The number of benzene rings is 1. The summed E-state index contributed by atoms with van der Waals surface area (Å²) >= 11 is 0. The normalized spacial score (nSPS) is 17.2. The van der Waals surface area contributed by atoms with Crippen LogP contribution in [0.1, 0.15) is 49.3 Å². The van der Waals surface area contributed by atoms with E-state index < -0.39 is 0 Å². The van der Waals surface area contributed by atoms with Crippen molar-refractivity contribution in [1.82, 2.24) is 4.98 Å². The summed E-state index contributed by atoms with van der Waals surface area (Å²) in [5.41, 5.74) is 9.48. The van der Waals surface area contributed by atoms with Gasteiger partial charge in [-0.25, -0.2) is 0 Å². The molecule has 0 saturated heterocycles. The fraction of sp³-hybridized carbons (Fsp3) is 0.438. The monoisotopic (exact) mass is 240 g/mol. The lowest BCUT2D eigenvalue weighted by Gasteiger charge is -2.22. The summed E-state index contributed by atoms with van der Waals surface area (Å²) in [5, 5.41) is 1.21. The maximum Gasteiger partial charge on any atom is 0.0708 e. The number of nitrogens with two attached hydrogens (primary N) is 1. The Labute approximate surface area is 108 Å². The predicted molar refractivity (Wildman–Crippen MR) is 75.5 cm³/mol. The van der Waals surface area contributed by atoms with Crippen molar-refractivity contribution in [1.29, 1.82) is 0 Å². The van der Waals surface area contributed by atoms with Crippen molar-refractivity contribution in [3.05, 3.63) is 41.6 Å². The molecule has 0 aliphatic heterocycles. The van der Waals surface area contributed by atoms with Crippen LogP contribution in [-0.2, 0) is 6.54 Å². The van der Waals surface area contributed by atoms with Crippen LogP contribution < -0.4 is 5.73 Å². The highest BCUT2D eigenvalue weighted by Crippen LogP contribution is 2.33. The Morgan fingerprint density at radius 3 is 2.67 bits per heavy atom. The van der Waals surface area contributed by atoms with Gasteiger partial charge in [-0.1, -0.05) is 37.5 Å². The van der Waals surface area contributed by atoms with Gasteiger partial charge in [0.15, 0.2) is 0 Å². The lowest BCUT2D eigenvalue weighted by atomic mass is 9.86. The molecule has 18 heavy (non-hydrogen) atoms. The summed E-state index contributed by atoms with van der Waals surface area (Å²) < 4.78 is 0. The maximum atomic E-state index is 5.89. The van der Waals surface area contributed by atoms with Crippen LogP contribution in [0.2, 0.25) is 0 Å². The SMILES string of the molecule is NCc1cc(C2CCCCC2)nc2ccccc12. The third-order valence-electron chi connectivity index (χ3n) is 4.07. The number of hydrogen-bond donors (Lipinski definition) is 1. The topological polar surface area (TPSA) is 38.9 Å². The van der Waals surface area contributed by atoms with Crippen molar-refractivity contribution in [2.45, 2.75) is 44.6 Å². The highest BCUT2D eigenvalue weighted by molar-refractivity contribution is 5.82. The van der Waals surface area contributed by atoms with Gasteiger partial charge in [-0.2, -0.15) is 0 Å². The Bertz CT molecular complexity index is 542. The third kappa shape index (κ3) is 2.13. The predicted octanol–water partition coefficient (Wildman–Crippen LogP) is 3.74. The van der Waals surface area contributed by atoms with Crippen LogP contribution in [0.25, 0.3) is 10.9 Å². The van der Waals surface area contributed by atoms with Crippen molar-refractivity contribution < 1.29 is 0 Å². The zero-order valence-corrected chi connectivity index (χ0v) is 10.7. The molecule has 0 atom stereocenters. The van der Waals surface area contributed by atoms with Gasteiger partial charge in [-0.05, 0) is 30.5 Å². The van der Waals surface area contributed by atoms with Gasteiger partial charge in [0.1, 0.15) is 0 Å². The lowest BCUT2D eigenvalue weighted by molar-refractivity contribution is 0.437. The second-order valence-electron chi connectivity index (χ2n) is 5.26. The molecule has 1 aliphatic carbocycles. The van der Waals surface area contributed by atoms with Crippen LogP contribution in [0.4, 0.5) is 0 Å². The molecule has 1 aromatic heterocycles. The summed E-state index contributed by atoms with van der Waals surface area (Å²) in [7, 11) is 0. The first-order valence-electron chi connectivity index (χ1n) is 6.97.